The van der Waals surface area contributed by atoms with Crippen molar-refractivity contribution in [3.8, 4) is 17.2 Å². The Balaban J connectivity index is 2.10. The molecule has 0 aliphatic rings. The predicted molar refractivity (Wildman–Crippen MR) is 95.0 cm³/mol. The Hall–Kier alpha value is -2.67. The van der Waals surface area contributed by atoms with Crippen LogP contribution in [-0.4, -0.2) is 25.2 Å². The van der Waals surface area contributed by atoms with Crippen molar-refractivity contribution in [3.63, 3.8) is 0 Å². The Morgan fingerprint density at radius 2 is 1.83 bits per heavy atom. The van der Waals surface area contributed by atoms with Gasteiger partial charge in [0.1, 0.15) is 17.2 Å². The molecule has 0 saturated heterocycles. The summed E-state index contributed by atoms with van der Waals surface area (Å²) in [5, 5.41) is 9.76. The first-order valence-corrected chi connectivity index (χ1v) is 7.71. The molecule has 0 aliphatic heterocycles. The van der Waals surface area contributed by atoms with Crippen LogP contribution >= 0.6 is 15.9 Å². The van der Waals surface area contributed by atoms with Gasteiger partial charge in [0.2, 0.25) is 0 Å². The molecule has 6 nitrogen and oxygen atoms in total. The number of hydrazine groups is 1. The van der Waals surface area contributed by atoms with E-state index in [2.05, 4.69) is 33.4 Å². The van der Waals surface area contributed by atoms with Crippen LogP contribution in [-0.2, 0) is 0 Å². The van der Waals surface area contributed by atoms with Gasteiger partial charge in [-0.15, -0.1) is 0 Å². The summed E-state index contributed by atoms with van der Waals surface area (Å²) in [6.45, 7) is 3.88. The highest BCUT2D eigenvalue weighted by molar-refractivity contribution is 9.10. The normalized spacial score (nSPS) is 9.96. The number of carbonyl (C=O) groups excluding carboxylic acids is 1. The molecule has 0 aromatic heterocycles. The molecular formula is C17H17BrN2O4. The number of methoxy groups -OCH3 is 2. The molecule has 2 rings (SSSR count). The molecule has 1 amide bonds. The van der Waals surface area contributed by atoms with Gasteiger partial charge in [0.15, 0.2) is 0 Å². The fourth-order valence-electron chi connectivity index (χ4n) is 2.00. The number of ether oxygens (including phenoxy) is 2. The van der Waals surface area contributed by atoms with Gasteiger partial charge in [-0.05, 0) is 30.3 Å². The van der Waals surface area contributed by atoms with E-state index in [9.17, 15) is 9.90 Å². The SMILES string of the molecule is C=C(NNC(=O)c1cc(Br)ccc1O)c1ccc(OC)cc1OC. The van der Waals surface area contributed by atoms with Crippen LogP contribution in [0.5, 0.6) is 17.2 Å². The van der Waals surface area contributed by atoms with E-state index >= 15 is 0 Å². The zero-order chi connectivity index (χ0) is 17.7. The van der Waals surface area contributed by atoms with Gasteiger partial charge in [-0.2, -0.15) is 0 Å². The van der Waals surface area contributed by atoms with E-state index in [0.717, 1.165) is 0 Å². The monoisotopic (exact) mass is 392 g/mol. The van der Waals surface area contributed by atoms with E-state index in [-0.39, 0.29) is 11.3 Å². The zero-order valence-electron chi connectivity index (χ0n) is 13.2. The Morgan fingerprint density at radius 1 is 1.08 bits per heavy atom. The standard InChI is InChI=1S/C17H17BrN2O4/c1-10(13-6-5-12(23-2)9-16(13)24-3)19-20-17(22)14-8-11(18)4-7-15(14)21/h4-9,19,21H,1H2,2-3H3,(H,20,22). The molecule has 0 radical (unpaired) electrons. The maximum absolute atomic E-state index is 12.2. The molecule has 2 aromatic carbocycles. The molecule has 0 unspecified atom stereocenters. The van der Waals surface area contributed by atoms with Crippen LogP contribution in [0.3, 0.4) is 0 Å². The summed E-state index contributed by atoms with van der Waals surface area (Å²) in [5.74, 6) is 0.575. The molecule has 0 fully saturated rings. The number of aromatic hydroxyl groups is 1. The van der Waals surface area contributed by atoms with Gasteiger partial charge in [-0.3, -0.25) is 15.6 Å². The molecule has 24 heavy (non-hydrogen) atoms. The average molecular weight is 393 g/mol. The van der Waals surface area contributed by atoms with Crippen molar-refractivity contribution in [2.24, 2.45) is 0 Å². The number of rotatable bonds is 6. The fraction of sp³-hybridized carbons (Fsp3) is 0.118. The number of phenolic OH excluding ortho intramolecular Hbond substituents is 1. The molecule has 0 atom stereocenters. The minimum Gasteiger partial charge on any atom is -0.507 e. The van der Waals surface area contributed by atoms with Crippen LogP contribution in [0.4, 0.5) is 0 Å². The molecule has 3 N–H and O–H groups in total. The number of phenols is 1. The molecule has 0 spiro atoms. The fourth-order valence-corrected chi connectivity index (χ4v) is 2.37. The van der Waals surface area contributed by atoms with Gasteiger partial charge in [-0.25, -0.2) is 0 Å². The maximum atomic E-state index is 12.2. The van der Waals surface area contributed by atoms with Crippen LogP contribution in [0.25, 0.3) is 5.70 Å². The first-order chi connectivity index (χ1) is 11.5. The Morgan fingerprint density at radius 3 is 2.50 bits per heavy atom. The van der Waals surface area contributed by atoms with Crippen molar-refractivity contribution in [2.45, 2.75) is 0 Å². The van der Waals surface area contributed by atoms with Crippen LogP contribution in [0.1, 0.15) is 15.9 Å². The summed E-state index contributed by atoms with van der Waals surface area (Å²) in [4.78, 5) is 12.2. The maximum Gasteiger partial charge on any atom is 0.273 e. The second kappa shape index (κ2) is 7.74. The Labute approximate surface area is 148 Å². The number of carbonyl (C=O) groups is 1. The highest BCUT2D eigenvalue weighted by Gasteiger charge is 2.13. The van der Waals surface area contributed by atoms with E-state index in [0.29, 0.717) is 27.2 Å². The van der Waals surface area contributed by atoms with Crippen LogP contribution in [0.15, 0.2) is 47.4 Å². The van der Waals surface area contributed by atoms with E-state index in [1.165, 1.54) is 19.2 Å². The molecule has 0 saturated carbocycles. The van der Waals surface area contributed by atoms with Crippen LogP contribution in [0, 0.1) is 0 Å². The largest absolute Gasteiger partial charge is 0.507 e. The van der Waals surface area contributed by atoms with E-state index in [1.54, 1.807) is 31.4 Å². The van der Waals surface area contributed by atoms with Gasteiger partial charge in [-0.1, -0.05) is 22.5 Å². The van der Waals surface area contributed by atoms with Crippen molar-refractivity contribution in [2.75, 3.05) is 14.2 Å². The second-order valence-electron chi connectivity index (χ2n) is 4.79. The van der Waals surface area contributed by atoms with Crippen molar-refractivity contribution in [1.82, 2.24) is 10.9 Å². The number of nitrogens with one attached hydrogen (secondary N) is 2. The summed E-state index contributed by atoms with van der Waals surface area (Å²) in [6, 6.07) is 9.82. The van der Waals surface area contributed by atoms with Crippen LogP contribution in [0.2, 0.25) is 0 Å². The third-order valence-corrected chi connectivity index (χ3v) is 3.76. The van der Waals surface area contributed by atoms with Crippen molar-refractivity contribution in [3.05, 3.63) is 58.6 Å². The van der Waals surface area contributed by atoms with Gasteiger partial charge < -0.3 is 14.6 Å². The topological polar surface area (TPSA) is 79.8 Å². The third kappa shape index (κ3) is 3.99. The van der Waals surface area contributed by atoms with Gasteiger partial charge in [0.25, 0.3) is 5.91 Å². The first-order valence-electron chi connectivity index (χ1n) is 6.92. The molecule has 0 heterocycles. The van der Waals surface area contributed by atoms with Crippen molar-refractivity contribution >= 4 is 27.5 Å². The average Bonchev–Trinajstić information content (AvgIpc) is 2.60. The van der Waals surface area contributed by atoms with Crippen molar-refractivity contribution in [1.29, 1.82) is 0 Å². The summed E-state index contributed by atoms with van der Waals surface area (Å²) < 4.78 is 11.1. The lowest BCUT2D eigenvalue weighted by Crippen LogP contribution is -2.36. The predicted octanol–water partition coefficient (Wildman–Crippen LogP) is 3.08. The molecule has 0 bridgehead atoms. The second-order valence-corrected chi connectivity index (χ2v) is 5.70. The van der Waals surface area contributed by atoms with E-state index in [4.69, 9.17) is 9.47 Å². The molecule has 7 heteroatoms. The Bertz CT molecular complexity index is 777. The highest BCUT2D eigenvalue weighted by Crippen LogP contribution is 2.28. The lowest BCUT2D eigenvalue weighted by Gasteiger charge is -2.15. The van der Waals surface area contributed by atoms with Gasteiger partial charge in [0, 0.05) is 16.1 Å². The van der Waals surface area contributed by atoms with Gasteiger partial charge in [0.05, 0.1) is 25.5 Å². The third-order valence-electron chi connectivity index (χ3n) is 3.26. The number of hydrogen-bond acceptors (Lipinski definition) is 5. The summed E-state index contributed by atoms with van der Waals surface area (Å²) in [6.07, 6.45) is 0. The van der Waals surface area contributed by atoms with Gasteiger partial charge >= 0.3 is 0 Å². The summed E-state index contributed by atoms with van der Waals surface area (Å²) in [7, 11) is 3.09. The quantitative estimate of drug-likeness (QED) is 0.658. The minimum atomic E-state index is -0.498. The van der Waals surface area contributed by atoms with Crippen molar-refractivity contribution < 1.29 is 19.4 Å². The lowest BCUT2D eigenvalue weighted by atomic mass is 10.1. The minimum absolute atomic E-state index is 0.120. The smallest absolute Gasteiger partial charge is 0.273 e. The Kier molecular flexibility index (Phi) is 5.70. The zero-order valence-corrected chi connectivity index (χ0v) is 14.8. The molecule has 0 aliphatic carbocycles. The number of amides is 1. The number of hydrogen-bond donors (Lipinski definition) is 3. The summed E-state index contributed by atoms with van der Waals surface area (Å²) >= 11 is 3.26. The first kappa shape index (κ1) is 17.7. The molecule has 2 aromatic rings. The van der Waals surface area contributed by atoms with Crippen LogP contribution < -0.4 is 20.3 Å². The molecule has 126 valence electrons. The molecular weight excluding hydrogens is 376 g/mol. The van der Waals surface area contributed by atoms with E-state index in [1.807, 2.05) is 0 Å². The summed E-state index contributed by atoms with van der Waals surface area (Å²) in [5.41, 5.74) is 6.43. The van der Waals surface area contributed by atoms with E-state index < -0.39 is 5.91 Å². The number of benzene rings is 2. The lowest BCUT2D eigenvalue weighted by molar-refractivity contribution is 0.0939. The highest BCUT2D eigenvalue weighted by atomic mass is 79.9. The number of halogens is 1.